The number of carbonyl (C=O) groups excluding carboxylic acids is 1. The molecule has 6 heteroatoms. The van der Waals surface area contributed by atoms with Crippen LogP contribution in [0.25, 0.3) is 0 Å². The van der Waals surface area contributed by atoms with E-state index in [1.54, 1.807) is 25.3 Å². The smallest absolute Gasteiger partial charge is 0.166 e. The van der Waals surface area contributed by atoms with Gasteiger partial charge in [-0.05, 0) is 63.0 Å². The third kappa shape index (κ3) is 3.44. The molecule has 0 aliphatic carbocycles. The van der Waals surface area contributed by atoms with Crippen molar-refractivity contribution in [2.24, 2.45) is 0 Å². The van der Waals surface area contributed by atoms with Gasteiger partial charge in [0.15, 0.2) is 5.78 Å². The third-order valence-electron chi connectivity index (χ3n) is 2.75. The van der Waals surface area contributed by atoms with Crippen LogP contribution >= 0.6 is 31.9 Å². The highest BCUT2D eigenvalue weighted by molar-refractivity contribution is 9.11. The zero-order chi connectivity index (χ0) is 15.6. The van der Waals surface area contributed by atoms with E-state index in [-0.39, 0.29) is 11.3 Å². The summed E-state index contributed by atoms with van der Waals surface area (Å²) in [5.41, 5.74) is -0.0728. The molecule has 2 aromatic carbocycles. The van der Waals surface area contributed by atoms with Gasteiger partial charge in [0.25, 0.3) is 0 Å². The highest BCUT2D eigenvalue weighted by Crippen LogP contribution is 2.39. The van der Waals surface area contributed by atoms with Crippen LogP contribution < -0.4 is 9.47 Å². The van der Waals surface area contributed by atoms with Gasteiger partial charge in [-0.25, -0.2) is 4.39 Å². The summed E-state index contributed by atoms with van der Waals surface area (Å²) in [5.74, 6) is 0.229. The third-order valence-corrected chi connectivity index (χ3v) is 3.99. The lowest BCUT2D eigenvalue weighted by molar-refractivity contribution is 0.101. The quantitative estimate of drug-likeness (QED) is 0.628. The van der Waals surface area contributed by atoms with Gasteiger partial charge in [-0.15, -0.1) is 0 Å². The molecule has 0 aliphatic rings. The molecule has 2 rings (SSSR count). The predicted molar refractivity (Wildman–Crippen MR) is 84.9 cm³/mol. The molecule has 110 valence electrons. The molecular formula is C15H11Br2FO3. The molecule has 0 bridgehead atoms. The van der Waals surface area contributed by atoms with E-state index in [4.69, 9.17) is 9.47 Å². The van der Waals surface area contributed by atoms with Gasteiger partial charge in [-0.3, -0.25) is 4.79 Å². The van der Waals surface area contributed by atoms with Crippen molar-refractivity contribution in [3.8, 4) is 17.2 Å². The first kappa shape index (κ1) is 16.0. The lowest BCUT2D eigenvalue weighted by Crippen LogP contribution is -2.01. The van der Waals surface area contributed by atoms with Crippen molar-refractivity contribution in [2.45, 2.75) is 6.92 Å². The first-order chi connectivity index (χ1) is 9.93. The Kier molecular flexibility index (Phi) is 5.00. The Labute approximate surface area is 138 Å². The number of rotatable bonds is 4. The number of hydrogen-bond acceptors (Lipinski definition) is 3. The normalized spacial score (nSPS) is 10.3. The van der Waals surface area contributed by atoms with E-state index in [1.165, 1.54) is 19.1 Å². The average molecular weight is 418 g/mol. The van der Waals surface area contributed by atoms with Crippen LogP contribution in [-0.4, -0.2) is 12.9 Å². The largest absolute Gasteiger partial charge is 0.496 e. The maximum atomic E-state index is 13.8. The molecular weight excluding hydrogens is 407 g/mol. The average Bonchev–Trinajstić information content (AvgIpc) is 2.42. The monoisotopic (exact) mass is 416 g/mol. The lowest BCUT2D eigenvalue weighted by atomic mass is 10.1. The molecule has 0 atom stereocenters. The van der Waals surface area contributed by atoms with Crippen LogP contribution in [0.15, 0.2) is 39.3 Å². The summed E-state index contributed by atoms with van der Waals surface area (Å²) in [7, 11) is 1.55. The summed E-state index contributed by atoms with van der Waals surface area (Å²) in [4.78, 5) is 11.6. The standard InChI is InChI=1S/C15H11Br2FO3/c1-8(19)15-11(18)4-3-5-12(15)21-14-7-9(16)13(20-2)6-10(14)17/h3-7H,1-2H3. The number of ketones is 1. The Hall–Kier alpha value is -1.40. The molecule has 0 aliphatic heterocycles. The van der Waals surface area contributed by atoms with Gasteiger partial charge in [0.1, 0.15) is 23.1 Å². The van der Waals surface area contributed by atoms with Crippen LogP contribution in [-0.2, 0) is 0 Å². The van der Waals surface area contributed by atoms with E-state index in [0.29, 0.717) is 20.4 Å². The van der Waals surface area contributed by atoms with Gasteiger partial charge in [0, 0.05) is 0 Å². The van der Waals surface area contributed by atoms with Crippen LogP contribution in [0.3, 0.4) is 0 Å². The molecule has 0 heterocycles. The number of benzene rings is 2. The SMILES string of the molecule is COc1cc(Br)c(Oc2cccc(F)c2C(C)=O)cc1Br. The van der Waals surface area contributed by atoms with Crippen LogP contribution in [0.5, 0.6) is 17.2 Å². The minimum Gasteiger partial charge on any atom is -0.496 e. The highest BCUT2D eigenvalue weighted by atomic mass is 79.9. The van der Waals surface area contributed by atoms with Crippen molar-refractivity contribution >= 4 is 37.6 Å². The molecule has 0 fully saturated rings. The molecule has 0 spiro atoms. The fraction of sp³-hybridized carbons (Fsp3) is 0.133. The predicted octanol–water partition coefficient (Wildman–Crippen LogP) is 5.35. The minimum absolute atomic E-state index is 0.0728. The molecule has 3 nitrogen and oxygen atoms in total. The molecule has 0 amide bonds. The summed E-state index contributed by atoms with van der Waals surface area (Å²) in [6.45, 7) is 1.30. The van der Waals surface area contributed by atoms with Crippen LogP contribution in [0.4, 0.5) is 4.39 Å². The summed E-state index contributed by atoms with van der Waals surface area (Å²) in [6, 6.07) is 7.65. The first-order valence-corrected chi connectivity index (χ1v) is 7.53. The van der Waals surface area contributed by atoms with Crippen molar-refractivity contribution in [1.82, 2.24) is 0 Å². The van der Waals surface area contributed by atoms with Crippen LogP contribution in [0.1, 0.15) is 17.3 Å². The van der Waals surface area contributed by atoms with Crippen molar-refractivity contribution in [2.75, 3.05) is 7.11 Å². The second-order valence-corrected chi connectivity index (χ2v) is 5.90. The van der Waals surface area contributed by atoms with Gasteiger partial charge in [0.2, 0.25) is 0 Å². The molecule has 0 N–H and O–H groups in total. The molecule has 0 radical (unpaired) electrons. The molecule has 21 heavy (non-hydrogen) atoms. The van der Waals surface area contributed by atoms with Crippen LogP contribution in [0, 0.1) is 5.82 Å². The fourth-order valence-electron chi connectivity index (χ4n) is 1.79. The molecule has 0 unspecified atom stereocenters. The van der Waals surface area contributed by atoms with Crippen LogP contribution in [0.2, 0.25) is 0 Å². The van der Waals surface area contributed by atoms with E-state index in [9.17, 15) is 9.18 Å². The number of hydrogen-bond donors (Lipinski definition) is 0. The van der Waals surface area contributed by atoms with Gasteiger partial charge in [0.05, 0.1) is 21.6 Å². The van der Waals surface area contributed by atoms with Crippen molar-refractivity contribution in [1.29, 1.82) is 0 Å². The highest BCUT2D eigenvalue weighted by Gasteiger charge is 2.16. The zero-order valence-corrected chi connectivity index (χ0v) is 14.4. The lowest BCUT2D eigenvalue weighted by Gasteiger charge is -2.13. The molecule has 2 aromatic rings. The van der Waals surface area contributed by atoms with Gasteiger partial charge >= 0.3 is 0 Å². The molecule has 0 aromatic heterocycles. The summed E-state index contributed by atoms with van der Waals surface area (Å²) < 4.78 is 25.9. The summed E-state index contributed by atoms with van der Waals surface area (Å²) in [6.07, 6.45) is 0. The topological polar surface area (TPSA) is 35.5 Å². The van der Waals surface area contributed by atoms with E-state index in [1.807, 2.05) is 0 Å². The van der Waals surface area contributed by atoms with E-state index in [2.05, 4.69) is 31.9 Å². The maximum Gasteiger partial charge on any atom is 0.166 e. The number of ether oxygens (including phenoxy) is 2. The van der Waals surface area contributed by atoms with E-state index in [0.717, 1.165) is 0 Å². The van der Waals surface area contributed by atoms with Gasteiger partial charge in [-0.1, -0.05) is 6.07 Å². The number of Topliss-reactive ketones (excluding diaryl/α,β-unsaturated/α-hetero) is 1. The number of methoxy groups -OCH3 is 1. The number of halogens is 3. The minimum atomic E-state index is -0.608. The zero-order valence-electron chi connectivity index (χ0n) is 11.2. The molecule has 0 saturated carbocycles. The van der Waals surface area contributed by atoms with Crippen molar-refractivity contribution in [3.63, 3.8) is 0 Å². The van der Waals surface area contributed by atoms with E-state index >= 15 is 0 Å². The summed E-state index contributed by atoms with van der Waals surface area (Å²) >= 11 is 6.71. The van der Waals surface area contributed by atoms with Gasteiger partial charge < -0.3 is 9.47 Å². The Morgan fingerprint density at radius 1 is 1.10 bits per heavy atom. The Morgan fingerprint density at radius 3 is 2.33 bits per heavy atom. The molecule has 0 saturated heterocycles. The Balaban J connectivity index is 2.46. The van der Waals surface area contributed by atoms with E-state index < -0.39 is 11.6 Å². The second kappa shape index (κ2) is 6.58. The number of carbonyl (C=O) groups is 1. The Morgan fingerprint density at radius 2 is 1.71 bits per heavy atom. The van der Waals surface area contributed by atoms with Gasteiger partial charge in [-0.2, -0.15) is 0 Å². The van der Waals surface area contributed by atoms with Crippen molar-refractivity contribution < 1.29 is 18.7 Å². The Bertz CT molecular complexity index is 702. The maximum absolute atomic E-state index is 13.8. The second-order valence-electron chi connectivity index (χ2n) is 4.19. The first-order valence-electron chi connectivity index (χ1n) is 5.94. The van der Waals surface area contributed by atoms with Crippen molar-refractivity contribution in [3.05, 3.63) is 50.7 Å². The fourth-order valence-corrected chi connectivity index (χ4v) is 2.68. The summed E-state index contributed by atoms with van der Waals surface area (Å²) in [5, 5.41) is 0.